The highest BCUT2D eigenvalue weighted by molar-refractivity contribution is 6.33. The quantitative estimate of drug-likeness (QED) is 0.673. The van der Waals surface area contributed by atoms with E-state index in [-0.39, 0.29) is 0 Å². The van der Waals surface area contributed by atoms with Gasteiger partial charge in [0.2, 0.25) is 0 Å². The summed E-state index contributed by atoms with van der Waals surface area (Å²) in [6, 6.07) is 0.932. The lowest BCUT2D eigenvalue weighted by Crippen LogP contribution is -2.45. The molecule has 1 unspecified atom stereocenters. The van der Waals surface area contributed by atoms with Crippen molar-refractivity contribution in [2.24, 2.45) is 5.73 Å². The van der Waals surface area contributed by atoms with E-state index in [4.69, 9.17) is 31.2 Å². The number of fused-ring (bicyclic) bond motifs is 1. The molecule has 0 spiro atoms. The van der Waals surface area contributed by atoms with Crippen molar-refractivity contribution in [3.63, 3.8) is 0 Å². The van der Waals surface area contributed by atoms with Gasteiger partial charge in [0.15, 0.2) is 0 Å². The molecule has 1 saturated heterocycles. The van der Waals surface area contributed by atoms with Crippen molar-refractivity contribution in [3.05, 3.63) is 34.0 Å². The first-order valence-electron chi connectivity index (χ1n) is 6.67. The van der Waals surface area contributed by atoms with Crippen LogP contribution in [0.4, 0.5) is 0 Å². The number of furan rings is 1. The second-order valence-corrected chi connectivity index (χ2v) is 5.72. The monoisotopic (exact) mass is 323 g/mol. The molecule has 6 nitrogen and oxygen atoms in total. The van der Waals surface area contributed by atoms with Gasteiger partial charge >= 0.3 is 17.7 Å². The maximum atomic E-state index is 11.6. The van der Waals surface area contributed by atoms with E-state index in [9.17, 15) is 9.59 Å². The van der Waals surface area contributed by atoms with Gasteiger partial charge in [0.05, 0.1) is 17.9 Å². The molecular formula is C15H14ClNO5. The lowest BCUT2D eigenvalue weighted by atomic mass is 9.91. The van der Waals surface area contributed by atoms with Crippen molar-refractivity contribution in [2.75, 3.05) is 0 Å². The number of aryl methyl sites for hydroxylation is 1. The fourth-order valence-electron chi connectivity index (χ4n) is 2.79. The van der Waals surface area contributed by atoms with Gasteiger partial charge in [-0.1, -0.05) is 11.6 Å². The molecule has 116 valence electrons. The Hall–Kier alpha value is -2.05. The third-order valence-corrected chi connectivity index (χ3v) is 4.50. The largest absolute Gasteiger partial charge is 0.464 e. The summed E-state index contributed by atoms with van der Waals surface area (Å²) in [5, 5.41) is 1.22. The van der Waals surface area contributed by atoms with E-state index < -0.39 is 23.8 Å². The zero-order chi connectivity index (χ0) is 16.2. The van der Waals surface area contributed by atoms with Crippen LogP contribution < -0.4 is 5.73 Å². The minimum atomic E-state index is -1.74. The summed E-state index contributed by atoms with van der Waals surface area (Å²) in [5.74, 6) is -3.92. The second kappa shape index (κ2) is 4.72. The van der Waals surface area contributed by atoms with E-state index in [1.165, 1.54) is 6.26 Å². The Bertz CT molecular complexity index is 792. The van der Waals surface area contributed by atoms with Crippen LogP contribution >= 0.6 is 11.6 Å². The summed E-state index contributed by atoms with van der Waals surface area (Å²) in [5.41, 5.74) is 8.16. The molecule has 1 aromatic carbocycles. The Morgan fingerprint density at radius 3 is 2.32 bits per heavy atom. The minimum absolute atomic E-state index is 0.359. The molecule has 1 aliphatic heterocycles. The molecule has 1 aliphatic rings. The predicted octanol–water partition coefficient (Wildman–Crippen LogP) is 2.30. The first-order valence-corrected chi connectivity index (χ1v) is 7.05. The van der Waals surface area contributed by atoms with Crippen LogP contribution in [0.5, 0.6) is 0 Å². The fraction of sp³-hybridized carbons (Fsp3) is 0.333. The molecule has 1 fully saturated rings. The second-order valence-electron chi connectivity index (χ2n) is 5.34. The maximum absolute atomic E-state index is 11.6. The van der Waals surface area contributed by atoms with Gasteiger partial charge in [-0.3, -0.25) is 0 Å². The molecule has 1 aromatic heterocycles. The number of carbonyl (C=O) groups is 2. The van der Waals surface area contributed by atoms with Gasteiger partial charge in [0.25, 0.3) is 0 Å². The van der Waals surface area contributed by atoms with E-state index in [0.717, 1.165) is 10.9 Å². The Kier molecular flexibility index (Phi) is 3.19. The van der Waals surface area contributed by atoms with Crippen molar-refractivity contribution in [1.29, 1.82) is 0 Å². The molecule has 0 radical (unpaired) electrons. The van der Waals surface area contributed by atoms with Crippen molar-refractivity contribution in [1.82, 2.24) is 0 Å². The summed E-state index contributed by atoms with van der Waals surface area (Å²) in [6.07, 6.45) is 1.49. The number of cyclic esters (lactones) is 2. The molecule has 2 heterocycles. The van der Waals surface area contributed by atoms with Crippen LogP contribution in [0.15, 0.2) is 16.7 Å². The number of ether oxygens (including phenoxy) is 2. The molecule has 2 aromatic rings. The first kappa shape index (κ1) is 14.9. The van der Waals surface area contributed by atoms with Crippen molar-refractivity contribution >= 4 is 34.5 Å². The number of esters is 2. The third-order valence-electron chi connectivity index (χ3n) is 3.93. The van der Waals surface area contributed by atoms with Crippen molar-refractivity contribution in [3.8, 4) is 0 Å². The highest BCUT2D eigenvalue weighted by Gasteiger charge is 2.55. The Balaban J connectivity index is 2.40. The zero-order valence-electron chi connectivity index (χ0n) is 12.2. The number of nitrogens with two attached hydrogens (primary N) is 1. The first-order chi connectivity index (χ1) is 10.3. The summed E-state index contributed by atoms with van der Waals surface area (Å²) in [7, 11) is 0. The lowest BCUT2D eigenvalue weighted by Gasteiger charge is -2.31. The van der Waals surface area contributed by atoms with Gasteiger partial charge in [-0.25, -0.2) is 9.59 Å². The zero-order valence-corrected chi connectivity index (χ0v) is 13.0. The molecule has 22 heavy (non-hydrogen) atoms. The molecule has 0 amide bonds. The van der Waals surface area contributed by atoms with E-state index in [0.29, 0.717) is 21.7 Å². The number of hydrogen-bond acceptors (Lipinski definition) is 6. The van der Waals surface area contributed by atoms with E-state index in [2.05, 4.69) is 0 Å². The van der Waals surface area contributed by atoms with Gasteiger partial charge in [0.1, 0.15) is 5.58 Å². The molecule has 7 heteroatoms. The maximum Gasteiger partial charge on any atom is 0.421 e. The lowest BCUT2D eigenvalue weighted by molar-refractivity contribution is -0.191. The topological polar surface area (TPSA) is 91.8 Å². The summed E-state index contributed by atoms with van der Waals surface area (Å²) < 4.78 is 15.9. The highest BCUT2D eigenvalue weighted by atomic mass is 35.5. The van der Waals surface area contributed by atoms with Crippen LogP contribution in [-0.2, 0) is 24.8 Å². The number of halogens is 1. The Morgan fingerprint density at radius 1 is 1.18 bits per heavy atom. The molecule has 0 saturated carbocycles. The van der Waals surface area contributed by atoms with Crippen LogP contribution in [0, 0.1) is 13.8 Å². The fourth-order valence-corrected chi connectivity index (χ4v) is 2.99. The normalized spacial score (nSPS) is 18.4. The van der Waals surface area contributed by atoms with E-state index in [1.807, 2.05) is 6.92 Å². The molecule has 3 rings (SSSR count). The summed E-state index contributed by atoms with van der Waals surface area (Å²) >= 11 is 6.37. The predicted molar refractivity (Wildman–Crippen MR) is 78.2 cm³/mol. The SMILES string of the molecule is Cc1c(Cl)c(C)c2ccoc2c1C1(C(C)N)OC(=O)C(=O)O1. The van der Waals surface area contributed by atoms with Crippen molar-refractivity contribution < 1.29 is 23.5 Å². The molecule has 0 aliphatic carbocycles. The van der Waals surface area contributed by atoms with Crippen LogP contribution in [0.2, 0.25) is 5.02 Å². The van der Waals surface area contributed by atoms with Crippen LogP contribution in [0.1, 0.15) is 23.6 Å². The smallest absolute Gasteiger partial charge is 0.421 e. The standard InChI is InChI=1S/C15H14ClNO5/c1-6-9-4-5-20-12(9)10(7(2)11(6)16)15(8(3)17)21-13(18)14(19)22-15/h4-5,8H,17H2,1-3H3. The van der Waals surface area contributed by atoms with Gasteiger partial charge in [-0.15, -0.1) is 0 Å². The Morgan fingerprint density at radius 2 is 1.77 bits per heavy atom. The highest BCUT2D eigenvalue weighted by Crippen LogP contribution is 2.44. The number of carbonyl (C=O) groups excluding carboxylic acids is 2. The molecule has 1 atom stereocenters. The molecular weight excluding hydrogens is 310 g/mol. The molecule has 2 N–H and O–H groups in total. The number of rotatable bonds is 2. The average molecular weight is 324 g/mol. The number of benzene rings is 1. The minimum Gasteiger partial charge on any atom is -0.464 e. The molecule has 0 bridgehead atoms. The van der Waals surface area contributed by atoms with Crippen LogP contribution in [0.25, 0.3) is 11.0 Å². The van der Waals surface area contributed by atoms with E-state index >= 15 is 0 Å². The summed E-state index contributed by atoms with van der Waals surface area (Å²) in [4.78, 5) is 23.2. The van der Waals surface area contributed by atoms with Gasteiger partial charge < -0.3 is 19.6 Å². The van der Waals surface area contributed by atoms with Gasteiger partial charge in [0, 0.05) is 10.4 Å². The Labute approximate surface area is 131 Å². The third kappa shape index (κ3) is 1.77. The van der Waals surface area contributed by atoms with Gasteiger partial charge in [-0.05, 0) is 38.0 Å². The van der Waals surface area contributed by atoms with Gasteiger partial charge in [-0.2, -0.15) is 0 Å². The summed E-state index contributed by atoms with van der Waals surface area (Å²) in [6.45, 7) is 5.16. The average Bonchev–Trinajstić information content (AvgIpc) is 3.03. The van der Waals surface area contributed by atoms with E-state index in [1.54, 1.807) is 19.9 Å². The number of hydrogen-bond donors (Lipinski definition) is 1. The van der Waals surface area contributed by atoms with Crippen molar-refractivity contribution in [2.45, 2.75) is 32.6 Å². The van der Waals surface area contributed by atoms with Crippen LogP contribution in [0.3, 0.4) is 0 Å². The van der Waals surface area contributed by atoms with Crippen LogP contribution in [-0.4, -0.2) is 18.0 Å².